The molecule has 0 aliphatic carbocycles. The summed E-state index contributed by atoms with van der Waals surface area (Å²) in [5.41, 5.74) is 1.86. The molecule has 0 amide bonds. The Balaban J connectivity index is 1.75. The van der Waals surface area contributed by atoms with Crippen LogP contribution in [0.25, 0.3) is 0 Å². The minimum absolute atomic E-state index is 0.613. The lowest BCUT2D eigenvalue weighted by Gasteiger charge is -2.13. The van der Waals surface area contributed by atoms with Crippen molar-refractivity contribution in [3.63, 3.8) is 0 Å². The van der Waals surface area contributed by atoms with Gasteiger partial charge in [0.05, 0.1) is 19.9 Å². The van der Waals surface area contributed by atoms with E-state index in [1.54, 1.807) is 26.4 Å². The van der Waals surface area contributed by atoms with Gasteiger partial charge in [-0.15, -0.1) is 0 Å². The van der Waals surface area contributed by atoms with Crippen molar-refractivity contribution in [2.24, 2.45) is 0 Å². The molecular weight excluding hydrogens is 364 g/mol. The van der Waals surface area contributed by atoms with E-state index in [1.807, 2.05) is 43.3 Å². The third-order valence-corrected chi connectivity index (χ3v) is 4.13. The van der Waals surface area contributed by atoms with Crippen LogP contribution in [0.15, 0.2) is 48.5 Å². The van der Waals surface area contributed by atoms with Crippen LogP contribution in [0.1, 0.15) is 11.4 Å². The molecule has 0 radical (unpaired) electrons. The van der Waals surface area contributed by atoms with Crippen molar-refractivity contribution in [1.29, 1.82) is 0 Å². The zero-order valence-electron chi connectivity index (χ0n) is 15.4. The number of methoxy groups -OCH3 is 2. The summed E-state index contributed by atoms with van der Waals surface area (Å²) in [6, 6.07) is 15.1. The van der Waals surface area contributed by atoms with Crippen LogP contribution in [0.3, 0.4) is 0 Å². The summed E-state index contributed by atoms with van der Waals surface area (Å²) in [5, 5.41) is 7.17. The number of benzene rings is 2. The first-order chi connectivity index (χ1) is 13.1. The molecule has 0 aliphatic heterocycles. The van der Waals surface area contributed by atoms with Gasteiger partial charge in [-0.3, -0.25) is 0 Å². The average molecular weight is 385 g/mol. The normalized spacial score (nSPS) is 10.4. The van der Waals surface area contributed by atoms with Crippen LogP contribution >= 0.6 is 11.6 Å². The van der Waals surface area contributed by atoms with Gasteiger partial charge in [0.2, 0.25) is 0 Å². The Kier molecular flexibility index (Phi) is 5.98. The summed E-state index contributed by atoms with van der Waals surface area (Å²) in [6.07, 6.45) is 0. The molecule has 0 saturated heterocycles. The molecular formula is C20H21ClN4O2. The van der Waals surface area contributed by atoms with E-state index in [9.17, 15) is 0 Å². The van der Waals surface area contributed by atoms with Crippen molar-refractivity contribution >= 4 is 28.9 Å². The molecule has 0 aliphatic rings. The fourth-order valence-electron chi connectivity index (χ4n) is 2.57. The van der Waals surface area contributed by atoms with Crippen molar-refractivity contribution in [3.8, 4) is 11.5 Å². The Morgan fingerprint density at radius 3 is 2.37 bits per heavy atom. The van der Waals surface area contributed by atoms with Gasteiger partial charge in [0.25, 0.3) is 0 Å². The van der Waals surface area contributed by atoms with Crippen LogP contribution in [-0.4, -0.2) is 24.2 Å². The third kappa shape index (κ3) is 5.01. The fourth-order valence-corrected chi connectivity index (χ4v) is 2.75. The molecule has 27 heavy (non-hydrogen) atoms. The second kappa shape index (κ2) is 8.60. The van der Waals surface area contributed by atoms with E-state index >= 15 is 0 Å². The highest BCUT2D eigenvalue weighted by molar-refractivity contribution is 6.31. The minimum Gasteiger partial charge on any atom is -0.497 e. The summed E-state index contributed by atoms with van der Waals surface area (Å²) in [7, 11) is 3.27. The Bertz CT molecular complexity index is 916. The van der Waals surface area contributed by atoms with E-state index in [4.69, 9.17) is 21.1 Å². The number of ether oxygens (including phenoxy) is 2. The van der Waals surface area contributed by atoms with E-state index in [0.717, 1.165) is 22.8 Å². The second-order valence-electron chi connectivity index (χ2n) is 5.86. The topological polar surface area (TPSA) is 68.3 Å². The number of hydrogen-bond donors (Lipinski definition) is 2. The number of hydrogen-bond acceptors (Lipinski definition) is 6. The number of nitrogens with zero attached hydrogens (tertiary/aromatic N) is 2. The SMILES string of the molecule is COc1ccc(CNc2cc(Nc3cc(Cl)ccc3OC)nc(C)n2)cc1. The molecule has 3 rings (SSSR count). The van der Waals surface area contributed by atoms with Crippen molar-refractivity contribution in [2.75, 3.05) is 24.9 Å². The van der Waals surface area contributed by atoms with Crippen LogP contribution < -0.4 is 20.1 Å². The Hall–Kier alpha value is -2.99. The van der Waals surface area contributed by atoms with Crippen molar-refractivity contribution in [1.82, 2.24) is 9.97 Å². The summed E-state index contributed by atoms with van der Waals surface area (Å²) in [6.45, 7) is 2.49. The van der Waals surface area contributed by atoms with Gasteiger partial charge in [-0.1, -0.05) is 23.7 Å². The molecule has 1 heterocycles. The molecule has 1 aromatic heterocycles. The standard InChI is InChI=1S/C20H21ClN4O2/c1-13-23-19(22-12-14-4-7-16(26-2)8-5-14)11-20(24-13)25-17-10-15(21)6-9-18(17)27-3/h4-11H,12H2,1-3H3,(H2,22,23,24,25). The number of aromatic nitrogens is 2. The number of anilines is 3. The van der Waals surface area contributed by atoms with E-state index in [-0.39, 0.29) is 0 Å². The highest BCUT2D eigenvalue weighted by Gasteiger charge is 2.08. The van der Waals surface area contributed by atoms with E-state index < -0.39 is 0 Å². The van der Waals surface area contributed by atoms with Gasteiger partial charge >= 0.3 is 0 Å². The van der Waals surface area contributed by atoms with Crippen LogP contribution in [0, 0.1) is 6.92 Å². The Morgan fingerprint density at radius 1 is 0.926 bits per heavy atom. The van der Waals surface area contributed by atoms with Gasteiger partial charge in [-0.25, -0.2) is 9.97 Å². The van der Waals surface area contributed by atoms with Crippen molar-refractivity contribution in [3.05, 3.63) is 64.9 Å². The molecule has 0 saturated carbocycles. The third-order valence-electron chi connectivity index (χ3n) is 3.89. The van der Waals surface area contributed by atoms with E-state index in [0.29, 0.717) is 29.0 Å². The van der Waals surface area contributed by atoms with Gasteiger partial charge in [0.1, 0.15) is 29.0 Å². The van der Waals surface area contributed by atoms with Gasteiger partial charge in [0.15, 0.2) is 0 Å². The van der Waals surface area contributed by atoms with E-state index in [2.05, 4.69) is 20.6 Å². The summed E-state index contributed by atoms with van der Waals surface area (Å²) in [5.74, 6) is 3.54. The molecule has 140 valence electrons. The highest BCUT2D eigenvalue weighted by Crippen LogP contribution is 2.30. The van der Waals surface area contributed by atoms with Crippen LogP contribution in [0.2, 0.25) is 5.02 Å². The maximum atomic E-state index is 6.09. The van der Waals surface area contributed by atoms with Gasteiger partial charge in [-0.05, 0) is 42.8 Å². The molecule has 3 aromatic rings. The lowest BCUT2D eigenvalue weighted by molar-refractivity contribution is 0.414. The van der Waals surface area contributed by atoms with Gasteiger partial charge < -0.3 is 20.1 Å². The first-order valence-corrected chi connectivity index (χ1v) is 8.78. The van der Waals surface area contributed by atoms with Gasteiger partial charge in [0, 0.05) is 17.6 Å². The molecule has 0 atom stereocenters. The summed E-state index contributed by atoms with van der Waals surface area (Å²) < 4.78 is 10.5. The molecule has 6 nitrogen and oxygen atoms in total. The quantitative estimate of drug-likeness (QED) is 0.609. The molecule has 0 unspecified atom stereocenters. The molecule has 2 aromatic carbocycles. The Labute approximate surface area is 163 Å². The van der Waals surface area contributed by atoms with Crippen LogP contribution in [-0.2, 0) is 6.54 Å². The fraction of sp³-hybridized carbons (Fsp3) is 0.200. The predicted molar refractivity (Wildman–Crippen MR) is 108 cm³/mol. The first-order valence-electron chi connectivity index (χ1n) is 8.40. The maximum Gasteiger partial charge on any atom is 0.142 e. The monoisotopic (exact) mass is 384 g/mol. The highest BCUT2D eigenvalue weighted by atomic mass is 35.5. The summed E-state index contributed by atoms with van der Waals surface area (Å²) in [4.78, 5) is 8.87. The molecule has 0 spiro atoms. The smallest absolute Gasteiger partial charge is 0.142 e. The first kappa shape index (κ1) is 18.8. The number of aryl methyl sites for hydroxylation is 1. The lowest BCUT2D eigenvalue weighted by Crippen LogP contribution is -2.05. The lowest BCUT2D eigenvalue weighted by atomic mass is 10.2. The zero-order chi connectivity index (χ0) is 19.2. The second-order valence-corrected chi connectivity index (χ2v) is 6.29. The van der Waals surface area contributed by atoms with Crippen LogP contribution in [0.5, 0.6) is 11.5 Å². The van der Waals surface area contributed by atoms with Crippen LogP contribution in [0.4, 0.5) is 17.3 Å². The maximum absolute atomic E-state index is 6.09. The summed E-state index contributed by atoms with van der Waals surface area (Å²) >= 11 is 6.09. The minimum atomic E-state index is 0.613. The number of halogens is 1. The molecule has 2 N–H and O–H groups in total. The number of rotatable bonds is 7. The van der Waals surface area contributed by atoms with Crippen molar-refractivity contribution in [2.45, 2.75) is 13.5 Å². The predicted octanol–water partition coefficient (Wildman–Crippen LogP) is 4.81. The molecule has 7 heteroatoms. The number of nitrogens with one attached hydrogen (secondary N) is 2. The molecule has 0 fully saturated rings. The van der Waals surface area contributed by atoms with E-state index in [1.165, 1.54) is 0 Å². The zero-order valence-corrected chi connectivity index (χ0v) is 16.2. The van der Waals surface area contributed by atoms with Crippen molar-refractivity contribution < 1.29 is 9.47 Å². The molecule has 0 bridgehead atoms. The van der Waals surface area contributed by atoms with Gasteiger partial charge in [-0.2, -0.15) is 0 Å². The Morgan fingerprint density at radius 2 is 1.67 bits per heavy atom. The average Bonchev–Trinajstić information content (AvgIpc) is 2.66. The largest absolute Gasteiger partial charge is 0.497 e.